The fourth-order valence-corrected chi connectivity index (χ4v) is 2.85. The molecule has 1 unspecified atom stereocenters. The fourth-order valence-electron chi connectivity index (χ4n) is 2.12. The average Bonchev–Trinajstić information content (AvgIpc) is 2.54. The van der Waals surface area contributed by atoms with Crippen LogP contribution in [0.2, 0.25) is 5.02 Å². The Kier molecular flexibility index (Phi) is 6.82. The van der Waals surface area contributed by atoms with Gasteiger partial charge in [0, 0.05) is 4.47 Å². The number of benzene rings is 2. The van der Waals surface area contributed by atoms with E-state index in [0.717, 1.165) is 10.0 Å². The molecule has 0 aliphatic carbocycles. The van der Waals surface area contributed by atoms with Gasteiger partial charge < -0.3 is 10.1 Å². The van der Waals surface area contributed by atoms with Gasteiger partial charge in [0.15, 0.2) is 12.4 Å². The van der Waals surface area contributed by atoms with Crippen molar-refractivity contribution in [2.45, 2.75) is 19.4 Å². The normalized spacial score (nSPS) is 11.6. The third-order valence-electron chi connectivity index (χ3n) is 3.36. The highest BCUT2D eigenvalue weighted by atomic mass is 79.9. The lowest BCUT2D eigenvalue weighted by Gasteiger charge is -2.16. The summed E-state index contributed by atoms with van der Waals surface area (Å²) in [6.07, 6.45) is 0.445. The second kappa shape index (κ2) is 8.85. The zero-order valence-electron chi connectivity index (χ0n) is 13.1. The van der Waals surface area contributed by atoms with Crippen LogP contribution in [0.1, 0.15) is 12.5 Å². The summed E-state index contributed by atoms with van der Waals surface area (Å²) in [5, 5.41) is 3.11. The van der Waals surface area contributed by atoms with E-state index in [0.29, 0.717) is 17.2 Å². The Balaban J connectivity index is 1.92. The van der Waals surface area contributed by atoms with Gasteiger partial charge in [-0.15, -0.1) is 0 Å². The van der Waals surface area contributed by atoms with Gasteiger partial charge in [-0.1, -0.05) is 57.9 Å². The Morgan fingerprint density at radius 2 is 1.92 bits per heavy atom. The summed E-state index contributed by atoms with van der Waals surface area (Å²) in [5.41, 5.74) is 0.981. The lowest BCUT2D eigenvalue weighted by atomic mass is 10.0. The first-order chi connectivity index (χ1) is 11.5. The summed E-state index contributed by atoms with van der Waals surface area (Å²) in [4.78, 5) is 23.8. The van der Waals surface area contributed by atoms with E-state index in [9.17, 15) is 9.59 Å². The van der Waals surface area contributed by atoms with E-state index in [1.807, 2.05) is 30.3 Å². The van der Waals surface area contributed by atoms with Gasteiger partial charge in [0.2, 0.25) is 0 Å². The van der Waals surface area contributed by atoms with Crippen LogP contribution in [-0.2, 0) is 16.0 Å². The van der Waals surface area contributed by atoms with E-state index in [1.165, 1.54) is 6.92 Å². The van der Waals surface area contributed by atoms with Crippen LogP contribution in [-0.4, -0.2) is 24.3 Å². The number of hydrogen-bond donors (Lipinski definition) is 1. The van der Waals surface area contributed by atoms with Crippen molar-refractivity contribution in [2.75, 3.05) is 6.61 Å². The summed E-state index contributed by atoms with van der Waals surface area (Å²) in [5.74, 6) is -0.0588. The van der Waals surface area contributed by atoms with Crippen molar-refractivity contribution in [2.24, 2.45) is 0 Å². The quantitative estimate of drug-likeness (QED) is 0.755. The molecule has 6 heteroatoms. The molecule has 126 valence electrons. The van der Waals surface area contributed by atoms with Gasteiger partial charge in [-0.25, -0.2) is 0 Å². The Labute approximate surface area is 154 Å². The Bertz CT molecular complexity index is 721. The molecule has 0 saturated carbocycles. The smallest absolute Gasteiger partial charge is 0.258 e. The lowest BCUT2D eigenvalue weighted by molar-refractivity contribution is -0.128. The first-order valence-electron chi connectivity index (χ1n) is 7.37. The predicted octanol–water partition coefficient (Wildman–Crippen LogP) is 3.80. The maximum absolute atomic E-state index is 12.1. The molecule has 0 fully saturated rings. The number of amides is 1. The molecule has 4 nitrogen and oxygen atoms in total. The minimum Gasteiger partial charge on any atom is -0.482 e. The first kappa shape index (κ1) is 18.5. The highest BCUT2D eigenvalue weighted by molar-refractivity contribution is 9.10. The number of carbonyl (C=O) groups is 2. The van der Waals surface area contributed by atoms with Gasteiger partial charge in [-0.2, -0.15) is 0 Å². The van der Waals surface area contributed by atoms with E-state index < -0.39 is 6.04 Å². The molecule has 24 heavy (non-hydrogen) atoms. The van der Waals surface area contributed by atoms with Crippen LogP contribution in [0.5, 0.6) is 5.75 Å². The van der Waals surface area contributed by atoms with Crippen LogP contribution >= 0.6 is 27.5 Å². The average molecular weight is 411 g/mol. The van der Waals surface area contributed by atoms with Crippen LogP contribution in [0.15, 0.2) is 53.0 Å². The van der Waals surface area contributed by atoms with Crippen molar-refractivity contribution in [1.82, 2.24) is 5.32 Å². The number of Topliss-reactive ketones (excluding diaryl/α,β-unsaturated/α-hetero) is 1. The molecule has 2 aromatic rings. The number of ketones is 1. The fraction of sp³-hybridized carbons (Fsp3) is 0.222. The summed E-state index contributed by atoms with van der Waals surface area (Å²) in [6, 6.07) is 14.1. The van der Waals surface area contributed by atoms with E-state index >= 15 is 0 Å². The molecule has 2 rings (SSSR count). The Morgan fingerprint density at radius 1 is 1.21 bits per heavy atom. The third kappa shape index (κ3) is 5.65. The van der Waals surface area contributed by atoms with Crippen LogP contribution in [0, 0.1) is 0 Å². The SMILES string of the molecule is CC(=O)C(Cc1ccccc1)NC(=O)COc1ccc(Br)cc1Cl. The minimum absolute atomic E-state index is 0.103. The van der Waals surface area contributed by atoms with Crippen molar-refractivity contribution in [3.8, 4) is 5.75 Å². The molecule has 1 N–H and O–H groups in total. The molecule has 0 spiro atoms. The highest BCUT2D eigenvalue weighted by Gasteiger charge is 2.18. The molecule has 0 aromatic heterocycles. The molecule has 0 heterocycles. The zero-order valence-corrected chi connectivity index (χ0v) is 15.4. The minimum atomic E-state index is -0.580. The Morgan fingerprint density at radius 3 is 2.54 bits per heavy atom. The van der Waals surface area contributed by atoms with Crippen molar-refractivity contribution in [1.29, 1.82) is 0 Å². The summed E-state index contributed by atoms with van der Waals surface area (Å²) >= 11 is 9.34. The maximum Gasteiger partial charge on any atom is 0.258 e. The lowest BCUT2D eigenvalue weighted by Crippen LogP contribution is -2.43. The maximum atomic E-state index is 12.1. The molecule has 2 aromatic carbocycles. The van der Waals surface area contributed by atoms with Crippen molar-refractivity contribution in [3.63, 3.8) is 0 Å². The number of hydrogen-bond acceptors (Lipinski definition) is 3. The molecular formula is C18H17BrClNO3. The molecular weight excluding hydrogens is 394 g/mol. The summed E-state index contributed by atoms with van der Waals surface area (Å²) in [6.45, 7) is 1.25. The van der Waals surface area contributed by atoms with Crippen LogP contribution in [0.25, 0.3) is 0 Å². The summed E-state index contributed by atoms with van der Waals surface area (Å²) < 4.78 is 6.23. The zero-order chi connectivity index (χ0) is 17.5. The van der Waals surface area contributed by atoms with Crippen molar-refractivity contribution >= 4 is 39.2 Å². The van der Waals surface area contributed by atoms with E-state index in [1.54, 1.807) is 18.2 Å². The second-order valence-corrected chi connectivity index (χ2v) is 6.61. The van der Waals surface area contributed by atoms with Gasteiger partial charge in [0.1, 0.15) is 5.75 Å². The molecule has 0 radical (unpaired) electrons. The summed E-state index contributed by atoms with van der Waals surface area (Å²) in [7, 11) is 0. The first-order valence-corrected chi connectivity index (χ1v) is 8.54. The number of ether oxygens (including phenoxy) is 1. The second-order valence-electron chi connectivity index (χ2n) is 5.28. The number of carbonyl (C=O) groups excluding carboxylic acids is 2. The van der Waals surface area contributed by atoms with Gasteiger partial charge in [-0.3, -0.25) is 9.59 Å². The Hall–Kier alpha value is -1.85. The van der Waals surface area contributed by atoms with Gasteiger partial charge in [-0.05, 0) is 37.1 Å². The largest absolute Gasteiger partial charge is 0.482 e. The van der Waals surface area contributed by atoms with Crippen LogP contribution in [0.3, 0.4) is 0 Å². The predicted molar refractivity (Wildman–Crippen MR) is 97.4 cm³/mol. The molecule has 0 aliphatic rings. The number of rotatable bonds is 7. The molecule has 1 atom stereocenters. The number of halogens is 2. The van der Waals surface area contributed by atoms with Crippen LogP contribution < -0.4 is 10.1 Å². The van der Waals surface area contributed by atoms with E-state index in [-0.39, 0.29) is 18.3 Å². The topological polar surface area (TPSA) is 55.4 Å². The monoisotopic (exact) mass is 409 g/mol. The number of nitrogens with one attached hydrogen (secondary N) is 1. The third-order valence-corrected chi connectivity index (χ3v) is 4.15. The molecule has 0 bridgehead atoms. The molecule has 1 amide bonds. The molecule has 0 aliphatic heterocycles. The van der Waals surface area contributed by atoms with Crippen molar-refractivity contribution < 1.29 is 14.3 Å². The van der Waals surface area contributed by atoms with Crippen molar-refractivity contribution in [3.05, 3.63) is 63.6 Å². The van der Waals surface area contributed by atoms with E-state index in [4.69, 9.17) is 16.3 Å². The standard InChI is InChI=1S/C18H17BrClNO3/c1-12(22)16(9-13-5-3-2-4-6-13)21-18(23)11-24-17-8-7-14(19)10-15(17)20/h2-8,10,16H,9,11H2,1H3,(H,21,23). The van der Waals surface area contributed by atoms with Crippen LogP contribution in [0.4, 0.5) is 0 Å². The van der Waals surface area contributed by atoms with E-state index in [2.05, 4.69) is 21.2 Å². The van der Waals surface area contributed by atoms with Gasteiger partial charge in [0.25, 0.3) is 5.91 Å². The highest BCUT2D eigenvalue weighted by Crippen LogP contribution is 2.27. The van der Waals surface area contributed by atoms with Gasteiger partial charge in [0.05, 0.1) is 11.1 Å². The molecule has 0 saturated heterocycles. The van der Waals surface area contributed by atoms with Gasteiger partial charge >= 0.3 is 0 Å².